The van der Waals surface area contributed by atoms with Crippen molar-refractivity contribution in [3.05, 3.63) is 53.6 Å². The maximum Gasteiger partial charge on any atom is 0.241 e. The van der Waals surface area contributed by atoms with Crippen LogP contribution in [0.3, 0.4) is 0 Å². The molecule has 2 N–H and O–H groups in total. The highest BCUT2D eigenvalue weighted by molar-refractivity contribution is 6.30. The van der Waals surface area contributed by atoms with Gasteiger partial charge in [0.1, 0.15) is 11.7 Å². The second-order valence-corrected chi connectivity index (χ2v) is 8.41. The molecule has 2 aliphatic rings. The molecule has 1 aromatic heterocycles. The van der Waals surface area contributed by atoms with E-state index in [1.54, 1.807) is 0 Å². The molecule has 0 spiro atoms. The van der Waals surface area contributed by atoms with Crippen LogP contribution in [0.25, 0.3) is 22.0 Å². The van der Waals surface area contributed by atoms with Gasteiger partial charge in [-0.15, -0.1) is 10.2 Å². The number of rotatable bonds is 3. The Morgan fingerprint density at radius 1 is 0.969 bits per heavy atom. The second kappa shape index (κ2) is 8.72. The predicted octanol–water partition coefficient (Wildman–Crippen LogP) is 1.69. The number of benzene rings is 2. The van der Waals surface area contributed by atoms with E-state index < -0.39 is 0 Å². The van der Waals surface area contributed by atoms with E-state index in [1.165, 1.54) is 0 Å². The molecule has 0 aliphatic carbocycles. The molecule has 3 aromatic rings. The van der Waals surface area contributed by atoms with Crippen molar-refractivity contribution in [1.82, 2.24) is 25.7 Å². The number of piperazine rings is 2. The largest absolute Gasteiger partial charge is 0.353 e. The van der Waals surface area contributed by atoms with Crippen LogP contribution in [0.2, 0.25) is 5.02 Å². The standard InChI is InChI=1S/C23H23ClN6O2/c24-16-7-5-15(6-8-16)21-17-3-1-2-4-18(17)22(28-27-21)29-9-11-30(12-10-29)23(32)19-13-26-20(31)14-25-19/h1-8,19,25H,9-14H2,(H,26,31). The summed E-state index contributed by atoms with van der Waals surface area (Å²) in [5.74, 6) is 0.776. The number of nitrogens with one attached hydrogen (secondary N) is 2. The van der Waals surface area contributed by atoms with Crippen LogP contribution in [-0.4, -0.2) is 72.2 Å². The Labute approximate surface area is 190 Å². The molecule has 2 aliphatic heterocycles. The van der Waals surface area contributed by atoms with Gasteiger partial charge in [-0.1, -0.05) is 48.0 Å². The summed E-state index contributed by atoms with van der Waals surface area (Å²) in [4.78, 5) is 28.1. The first-order valence-electron chi connectivity index (χ1n) is 10.7. The van der Waals surface area contributed by atoms with Crippen molar-refractivity contribution in [3.8, 4) is 11.3 Å². The maximum absolute atomic E-state index is 12.8. The quantitative estimate of drug-likeness (QED) is 0.631. The van der Waals surface area contributed by atoms with Crippen LogP contribution in [-0.2, 0) is 9.59 Å². The fourth-order valence-corrected chi connectivity index (χ4v) is 4.37. The van der Waals surface area contributed by atoms with Gasteiger partial charge in [0, 0.05) is 54.1 Å². The zero-order chi connectivity index (χ0) is 22.1. The Balaban J connectivity index is 1.35. The van der Waals surface area contributed by atoms with Gasteiger partial charge in [0.05, 0.1) is 6.54 Å². The summed E-state index contributed by atoms with van der Waals surface area (Å²) in [6.07, 6.45) is 0. The molecule has 2 saturated heterocycles. The SMILES string of the molecule is O=C1CNC(C(=O)N2CCN(c3nnc(-c4ccc(Cl)cc4)c4ccccc34)CC2)CN1. The van der Waals surface area contributed by atoms with Gasteiger partial charge in [-0.25, -0.2) is 0 Å². The lowest BCUT2D eigenvalue weighted by Gasteiger charge is -2.38. The van der Waals surface area contributed by atoms with E-state index in [9.17, 15) is 9.59 Å². The summed E-state index contributed by atoms with van der Waals surface area (Å²) in [6, 6.07) is 15.4. The van der Waals surface area contributed by atoms with Gasteiger partial charge in [0.2, 0.25) is 11.8 Å². The van der Waals surface area contributed by atoms with E-state index in [2.05, 4.69) is 37.9 Å². The second-order valence-electron chi connectivity index (χ2n) is 7.97. The highest BCUT2D eigenvalue weighted by Crippen LogP contribution is 2.32. The Bertz CT molecular complexity index is 1150. The normalized spacial score (nSPS) is 19.2. The summed E-state index contributed by atoms with van der Waals surface area (Å²) < 4.78 is 0. The van der Waals surface area contributed by atoms with Crippen LogP contribution in [0.4, 0.5) is 5.82 Å². The van der Waals surface area contributed by atoms with Crippen molar-refractivity contribution in [2.45, 2.75) is 6.04 Å². The summed E-state index contributed by atoms with van der Waals surface area (Å²) in [6.45, 7) is 3.05. The van der Waals surface area contributed by atoms with Crippen LogP contribution in [0.15, 0.2) is 48.5 Å². The smallest absolute Gasteiger partial charge is 0.241 e. The van der Waals surface area contributed by atoms with E-state index in [0.717, 1.165) is 27.8 Å². The van der Waals surface area contributed by atoms with Crippen molar-refractivity contribution >= 4 is 40.0 Å². The van der Waals surface area contributed by atoms with Gasteiger partial charge in [-0.05, 0) is 12.1 Å². The minimum Gasteiger partial charge on any atom is -0.353 e. The predicted molar refractivity (Wildman–Crippen MR) is 124 cm³/mol. The molecule has 1 atom stereocenters. The van der Waals surface area contributed by atoms with E-state index in [4.69, 9.17) is 11.6 Å². The molecule has 3 heterocycles. The molecule has 1 unspecified atom stereocenters. The molecule has 164 valence electrons. The first-order chi connectivity index (χ1) is 15.6. The molecule has 2 amide bonds. The first kappa shape index (κ1) is 20.7. The van der Waals surface area contributed by atoms with E-state index >= 15 is 0 Å². The minimum atomic E-state index is -0.362. The van der Waals surface area contributed by atoms with Gasteiger partial charge in [-0.2, -0.15) is 0 Å². The number of halogens is 1. The molecule has 8 nitrogen and oxygen atoms in total. The van der Waals surface area contributed by atoms with E-state index in [0.29, 0.717) is 37.7 Å². The monoisotopic (exact) mass is 450 g/mol. The molecule has 32 heavy (non-hydrogen) atoms. The third-order valence-electron chi connectivity index (χ3n) is 5.99. The van der Waals surface area contributed by atoms with Gasteiger partial charge >= 0.3 is 0 Å². The number of carbonyl (C=O) groups excluding carboxylic acids is 2. The lowest BCUT2D eigenvalue weighted by molar-refractivity contribution is -0.135. The van der Waals surface area contributed by atoms with Crippen molar-refractivity contribution in [2.24, 2.45) is 0 Å². The number of nitrogens with zero attached hydrogens (tertiary/aromatic N) is 4. The number of aromatic nitrogens is 2. The maximum atomic E-state index is 12.8. The van der Waals surface area contributed by atoms with E-state index in [1.807, 2.05) is 41.3 Å². The molecular weight excluding hydrogens is 428 g/mol. The highest BCUT2D eigenvalue weighted by Gasteiger charge is 2.30. The number of hydrogen-bond acceptors (Lipinski definition) is 6. The van der Waals surface area contributed by atoms with Crippen molar-refractivity contribution in [1.29, 1.82) is 0 Å². The number of amides is 2. The lowest BCUT2D eigenvalue weighted by atomic mass is 10.0. The fraction of sp³-hybridized carbons (Fsp3) is 0.304. The Morgan fingerprint density at radius 3 is 2.38 bits per heavy atom. The summed E-state index contributed by atoms with van der Waals surface area (Å²) in [7, 11) is 0. The third-order valence-corrected chi connectivity index (χ3v) is 6.24. The molecule has 9 heteroatoms. The van der Waals surface area contributed by atoms with Crippen LogP contribution >= 0.6 is 11.6 Å². The number of hydrogen-bond donors (Lipinski definition) is 2. The molecule has 5 rings (SSSR count). The summed E-state index contributed by atoms with van der Waals surface area (Å²) in [5.41, 5.74) is 1.78. The Hall–Kier alpha value is -3.23. The van der Waals surface area contributed by atoms with Crippen molar-refractivity contribution in [2.75, 3.05) is 44.2 Å². The molecule has 0 saturated carbocycles. The first-order valence-corrected chi connectivity index (χ1v) is 11.0. The van der Waals surface area contributed by atoms with Crippen LogP contribution in [0.5, 0.6) is 0 Å². The Morgan fingerprint density at radius 2 is 1.69 bits per heavy atom. The summed E-state index contributed by atoms with van der Waals surface area (Å²) in [5, 5.41) is 17.6. The number of carbonyl (C=O) groups is 2. The average Bonchev–Trinajstić information content (AvgIpc) is 2.84. The molecule has 2 aromatic carbocycles. The van der Waals surface area contributed by atoms with Crippen molar-refractivity contribution in [3.63, 3.8) is 0 Å². The number of fused-ring (bicyclic) bond motifs is 1. The third kappa shape index (κ3) is 3.99. The number of anilines is 1. The van der Waals surface area contributed by atoms with Gasteiger partial charge in [-0.3, -0.25) is 14.9 Å². The van der Waals surface area contributed by atoms with E-state index in [-0.39, 0.29) is 24.4 Å². The molecular formula is C23H23ClN6O2. The van der Waals surface area contributed by atoms with Crippen molar-refractivity contribution < 1.29 is 9.59 Å². The van der Waals surface area contributed by atoms with Crippen LogP contribution in [0, 0.1) is 0 Å². The average molecular weight is 451 g/mol. The Kier molecular flexibility index (Phi) is 5.63. The lowest BCUT2D eigenvalue weighted by Crippen LogP contribution is -2.61. The van der Waals surface area contributed by atoms with Crippen LogP contribution in [0.1, 0.15) is 0 Å². The summed E-state index contributed by atoms with van der Waals surface area (Å²) >= 11 is 6.04. The van der Waals surface area contributed by atoms with Crippen LogP contribution < -0.4 is 15.5 Å². The molecule has 0 radical (unpaired) electrons. The zero-order valence-electron chi connectivity index (χ0n) is 17.4. The molecule has 2 fully saturated rings. The zero-order valence-corrected chi connectivity index (χ0v) is 18.2. The van der Waals surface area contributed by atoms with Gasteiger partial charge in [0.15, 0.2) is 5.82 Å². The fourth-order valence-electron chi connectivity index (χ4n) is 4.24. The van der Waals surface area contributed by atoms with Gasteiger partial charge in [0.25, 0.3) is 0 Å². The highest BCUT2D eigenvalue weighted by atomic mass is 35.5. The topological polar surface area (TPSA) is 90.5 Å². The molecule has 0 bridgehead atoms. The minimum absolute atomic E-state index is 0.0266. The van der Waals surface area contributed by atoms with Gasteiger partial charge < -0.3 is 15.1 Å².